The van der Waals surface area contributed by atoms with E-state index in [4.69, 9.17) is 0 Å². The average Bonchev–Trinajstić information content (AvgIpc) is 3.02. The van der Waals surface area contributed by atoms with Gasteiger partial charge in [-0.25, -0.2) is 0 Å². The van der Waals surface area contributed by atoms with Crippen LogP contribution in [0.5, 0.6) is 0 Å². The van der Waals surface area contributed by atoms with Crippen molar-refractivity contribution in [3.8, 4) is 0 Å². The zero-order valence-electron chi connectivity index (χ0n) is 15.4. The lowest BCUT2D eigenvalue weighted by molar-refractivity contribution is 0.0613. The molecule has 0 aliphatic heterocycles. The van der Waals surface area contributed by atoms with Crippen molar-refractivity contribution in [3.05, 3.63) is 29.8 Å². The van der Waals surface area contributed by atoms with E-state index in [1.54, 1.807) is 0 Å². The minimum absolute atomic E-state index is 0.186. The predicted molar refractivity (Wildman–Crippen MR) is 98.2 cm³/mol. The molecule has 0 spiro atoms. The first-order chi connectivity index (χ1) is 11.0. The Labute approximate surface area is 141 Å². The summed E-state index contributed by atoms with van der Waals surface area (Å²) >= 11 is 0. The quantitative estimate of drug-likeness (QED) is 0.758. The van der Waals surface area contributed by atoms with Gasteiger partial charge in [-0.05, 0) is 71.7 Å². The van der Waals surface area contributed by atoms with Crippen LogP contribution in [0.1, 0.15) is 70.7 Å². The van der Waals surface area contributed by atoms with Gasteiger partial charge in [0.1, 0.15) is 0 Å². The first-order valence-corrected chi connectivity index (χ1v) is 9.15. The van der Waals surface area contributed by atoms with Crippen LogP contribution in [0.2, 0.25) is 0 Å². The zero-order valence-corrected chi connectivity index (χ0v) is 15.4. The molecule has 0 radical (unpaired) electrons. The van der Waals surface area contributed by atoms with Crippen LogP contribution in [-0.4, -0.2) is 35.5 Å². The number of anilines is 1. The Morgan fingerprint density at radius 3 is 2.04 bits per heavy atom. The maximum atomic E-state index is 13.0. The van der Waals surface area contributed by atoms with Crippen LogP contribution in [0.25, 0.3) is 0 Å². The van der Waals surface area contributed by atoms with Gasteiger partial charge in [-0.15, -0.1) is 0 Å². The third-order valence-electron chi connectivity index (χ3n) is 4.92. The first kappa shape index (κ1) is 17.8. The van der Waals surface area contributed by atoms with E-state index >= 15 is 0 Å². The van der Waals surface area contributed by atoms with Crippen LogP contribution in [0.3, 0.4) is 0 Å². The van der Waals surface area contributed by atoms with E-state index in [9.17, 15) is 4.79 Å². The SMILES string of the molecule is CCN(c1ccc(C(=O)N(C(C)C)C2CCCC2)cc1)C(C)C. The summed E-state index contributed by atoms with van der Waals surface area (Å²) in [4.78, 5) is 17.4. The molecule has 1 aromatic rings. The molecule has 0 unspecified atom stereocenters. The number of carbonyl (C=O) groups excluding carboxylic acids is 1. The topological polar surface area (TPSA) is 23.6 Å². The van der Waals surface area contributed by atoms with Crippen molar-refractivity contribution in [1.29, 1.82) is 0 Å². The van der Waals surface area contributed by atoms with Crippen LogP contribution in [-0.2, 0) is 0 Å². The van der Waals surface area contributed by atoms with E-state index < -0.39 is 0 Å². The van der Waals surface area contributed by atoms with E-state index in [1.165, 1.54) is 18.5 Å². The number of rotatable bonds is 6. The predicted octanol–water partition coefficient (Wildman–Crippen LogP) is 4.71. The molecule has 0 atom stereocenters. The Hall–Kier alpha value is -1.51. The second-order valence-electron chi connectivity index (χ2n) is 7.17. The van der Waals surface area contributed by atoms with Crippen molar-refractivity contribution >= 4 is 11.6 Å². The number of hydrogen-bond acceptors (Lipinski definition) is 2. The molecule has 3 heteroatoms. The maximum absolute atomic E-state index is 13.0. The lowest BCUT2D eigenvalue weighted by atomic mass is 10.1. The lowest BCUT2D eigenvalue weighted by Crippen LogP contribution is -2.43. The summed E-state index contributed by atoms with van der Waals surface area (Å²) in [6.45, 7) is 11.8. The van der Waals surface area contributed by atoms with Crippen LogP contribution >= 0.6 is 0 Å². The monoisotopic (exact) mass is 316 g/mol. The van der Waals surface area contributed by atoms with Crippen molar-refractivity contribution in [1.82, 2.24) is 4.90 Å². The second-order valence-corrected chi connectivity index (χ2v) is 7.17. The molecule has 0 aromatic heterocycles. The van der Waals surface area contributed by atoms with Gasteiger partial charge in [-0.3, -0.25) is 4.79 Å². The van der Waals surface area contributed by atoms with Gasteiger partial charge in [-0.1, -0.05) is 12.8 Å². The molecule has 23 heavy (non-hydrogen) atoms. The van der Waals surface area contributed by atoms with Gasteiger partial charge in [0.05, 0.1) is 0 Å². The van der Waals surface area contributed by atoms with E-state index in [-0.39, 0.29) is 11.9 Å². The molecule has 0 saturated heterocycles. The fourth-order valence-electron chi connectivity index (χ4n) is 3.79. The van der Waals surface area contributed by atoms with Gasteiger partial charge in [0.25, 0.3) is 5.91 Å². The fourth-order valence-corrected chi connectivity index (χ4v) is 3.79. The average molecular weight is 316 g/mol. The minimum Gasteiger partial charge on any atom is -0.369 e. The van der Waals surface area contributed by atoms with E-state index in [1.807, 2.05) is 12.1 Å². The molecule has 1 fully saturated rings. The van der Waals surface area contributed by atoms with E-state index in [0.717, 1.165) is 24.9 Å². The van der Waals surface area contributed by atoms with Crippen molar-refractivity contribution < 1.29 is 4.79 Å². The third kappa shape index (κ3) is 4.07. The summed E-state index contributed by atoms with van der Waals surface area (Å²) in [5.41, 5.74) is 2.00. The summed E-state index contributed by atoms with van der Waals surface area (Å²) in [6, 6.07) is 9.30. The highest BCUT2D eigenvalue weighted by atomic mass is 16.2. The second kappa shape index (κ2) is 7.85. The molecule has 1 saturated carbocycles. The summed E-state index contributed by atoms with van der Waals surface area (Å²) in [7, 11) is 0. The Morgan fingerprint density at radius 2 is 1.61 bits per heavy atom. The van der Waals surface area contributed by atoms with Crippen LogP contribution in [0.4, 0.5) is 5.69 Å². The van der Waals surface area contributed by atoms with Crippen LogP contribution in [0.15, 0.2) is 24.3 Å². The van der Waals surface area contributed by atoms with E-state index in [0.29, 0.717) is 12.1 Å². The molecule has 3 nitrogen and oxygen atoms in total. The smallest absolute Gasteiger partial charge is 0.254 e. The number of hydrogen-bond donors (Lipinski definition) is 0. The highest BCUT2D eigenvalue weighted by molar-refractivity contribution is 5.95. The van der Waals surface area contributed by atoms with Gasteiger partial charge >= 0.3 is 0 Å². The first-order valence-electron chi connectivity index (χ1n) is 9.15. The number of nitrogens with zero attached hydrogens (tertiary/aromatic N) is 2. The standard InChI is InChI=1S/C20H32N2O/c1-6-21(15(2)3)18-13-11-17(12-14-18)20(23)22(16(4)5)19-9-7-8-10-19/h11-16,19H,6-10H2,1-5H3. The van der Waals surface area contributed by atoms with Gasteiger partial charge < -0.3 is 9.80 Å². The van der Waals surface area contributed by atoms with E-state index in [2.05, 4.69) is 56.6 Å². The largest absolute Gasteiger partial charge is 0.369 e. The molecule has 2 rings (SSSR count). The number of benzene rings is 1. The number of carbonyl (C=O) groups is 1. The summed E-state index contributed by atoms with van der Waals surface area (Å²) < 4.78 is 0. The van der Waals surface area contributed by atoms with Gasteiger partial charge in [0, 0.05) is 35.9 Å². The van der Waals surface area contributed by atoms with Gasteiger partial charge in [0.15, 0.2) is 0 Å². The Morgan fingerprint density at radius 1 is 1.04 bits per heavy atom. The molecular formula is C20H32N2O. The highest BCUT2D eigenvalue weighted by Crippen LogP contribution is 2.27. The normalized spacial score (nSPS) is 15.4. The van der Waals surface area contributed by atoms with Crippen molar-refractivity contribution in [2.75, 3.05) is 11.4 Å². The van der Waals surface area contributed by atoms with Crippen molar-refractivity contribution in [2.24, 2.45) is 0 Å². The maximum Gasteiger partial charge on any atom is 0.254 e. The van der Waals surface area contributed by atoms with Crippen molar-refractivity contribution in [2.45, 2.75) is 78.4 Å². The highest BCUT2D eigenvalue weighted by Gasteiger charge is 2.29. The van der Waals surface area contributed by atoms with Gasteiger partial charge in [0.2, 0.25) is 0 Å². The summed E-state index contributed by atoms with van der Waals surface area (Å²) in [5, 5.41) is 0. The Bertz CT molecular complexity index is 501. The molecule has 0 heterocycles. The molecule has 1 aromatic carbocycles. The third-order valence-corrected chi connectivity index (χ3v) is 4.92. The summed E-state index contributed by atoms with van der Waals surface area (Å²) in [6.07, 6.45) is 4.80. The molecule has 0 N–H and O–H groups in total. The summed E-state index contributed by atoms with van der Waals surface area (Å²) in [5.74, 6) is 0.186. The molecule has 128 valence electrons. The van der Waals surface area contributed by atoms with Crippen molar-refractivity contribution in [3.63, 3.8) is 0 Å². The molecular weight excluding hydrogens is 284 g/mol. The minimum atomic E-state index is 0.186. The van der Waals surface area contributed by atoms with Crippen LogP contribution < -0.4 is 4.90 Å². The fraction of sp³-hybridized carbons (Fsp3) is 0.650. The zero-order chi connectivity index (χ0) is 17.0. The van der Waals surface area contributed by atoms with Gasteiger partial charge in [-0.2, -0.15) is 0 Å². The molecule has 1 amide bonds. The molecule has 1 aliphatic carbocycles. The molecule has 1 aliphatic rings. The number of amides is 1. The molecule has 0 bridgehead atoms. The Balaban J connectivity index is 2.18. The lowest BCUT2D eigenvalue weighted by Gasteiger charge is -2.33. The van der Waals surface area contributed by atoms with Crippen LogP contribution in [0, 0.1) is 0 Å². The Kier molecular flexibility index (Phi) is 6.09.